The van der Waals surface area contributed by atoms with Crippen molar-refractivity contribution in [2.45, 2.75) is 84.7 Å². The molecule has 2 bridgehead atoms. The van der Waals surface area contributed by atoms with Gasteiger partial charge in [-0.25, -0.2) is 29.9 Å². The summed E-state index contributed by atoms with van der Waals surface area (Å²) in [7, 11) is 0. The molecule has 0 spiro atoms. The molecule has 10 nitrogen and oxygen atoms in total. The number of aromatic nitrogens is 8. The highest BCUT2D eigenvalue weighted by atomic mass is 32.1. The van der Waals surface area contributed by atoms with Gasteiger partial charge < -0.3 is 20.6 Å². The van der Waals surface area contributed by atoms with Crippen LogP contribution in [0.5, 0.6) is 0 Å². The maximum atomic E-state index is 6.15. The molecule has 3 atom stereocenters. The summed E-state index contributed by atoms with van der Waals surface area (Å²) in [6.07, 6.45) is 19.3. The molecule has 4 fully saturated rings. The van der Waals surface area contributed by atoms with Gasteiger partial charge in [0.1, 0.15) is 34.0 Å². The normalized spacial score (nSPS) is 20.1. The van der Waals surface area contributed by atoms with E-state index in [1.807, 2.05) is 24.8 Å². The van der Waals surface area contributed by atoms with Crippen molar-refractivity contribution in [1.82, 2.24) is 39.0 Å². The van der Waals surface area contributed by atoms with Crippen LogP contribution in [0.25, 0.3) is 64.1 Å². The minimum Gasteiger partial charge on any atom is -0.383 e. The van der Waals surface area contributed by atoms with Crippen molar-refractivity contribution in [3.8, 4) is 43.7 Å². The van der Waals surface area contributed by atoms with Crippen molar-refractivity contribution < 1.29 is 0 Å². The number of nitrogens with zero attached hydrogens (tertiary/aromatic N) is 8. The van der Waals surface area contributed by atoms with Crippen LogP contribution in [0.1, 0.15) is 71.6 Å². The summed E-state index contributed by atoms with van der Waals surface area (Å²) in [5, 5.41) is 1.85. The molecule has 6 aromatic heterocycles. The van der Waals surface area contributed by atoms with Gasteiger partial charge >= 0.3 is 0 Å². The molecule has 60 heavy (non-hydrogen) atoms. The molecule has 0 aliphatic heterocycles. The van der Waals surface area contributed by atoms with Gasteiger partial charge in [0.25, 0.3) is 0 Å². The number of fused-ring (bicyclic) bond motifs is 4. The molecule has 1 unspecified atom stereocenters. The van der Waals surface area contributed by atoms with Gasteiger partial charge in [0.05, 0.1) is 56.0 Å². The van der Waals surface area contributed by atoms with E-state index in [-0.39, 0.29) is 0 Å². The van der Waals surface area contributed by atoms with Crippen molar-refractivity contribution in [3.63, 3.8) is 0 Å². The summed E-state index contributed by atoms with van der Waals surface area (Å²) in [6, 6.07) is 25.2. The van der Waals surface area contributed by atoms with Crippen molar-refractivity contribution in [1.29, 1.82) is 0 Å². The Hall–Kier alpha value is -5.46. The molecule has 0 radical (unpaired) electrons. The minimum absolute atomic E-state index is 0.480. The highest BCUT2D eigenvalue weighted by Crippen LogP contribution is 2.61. The van der Waals surface area contributed by atoms with Gasteiger partial charge in [-0.15, -0.1) is 22.7 Å². The first-order valence-electron chi connectivity index (χ1n) is 21.5. The Bertz CT molecular complexity index is 2740. The lowest BCUT2D eigenvalue weighted by Crippen LogP contribution is -2.53. The number of anilines is 2. The van der Waals surface area contributed by atoms with Gasteiger partial charge in [0.15, 0.2) is 0 Å². The summed E-state index contributed by atoms with van der Waals surface area (Å²) in [5.74, 6) is 4.22. The lowest BCUT2D eigenvalue weighted by molar-refractivity contribution is -0.108. The molecule has 0 saturated heterocycles. The van der Waals surface area contributed by atoms with Crippen LogP contribution in [0.3, 0.4) is 0 Å². The van der Waals surface area contributed by atoms with E-state index in [0.717, 1.165) is 77.6 Å². The van der Waals surface area contributed by atoms with Crippen LogP contribution in [0.2, 0.25) is 0 Å². The van der Waals surface area contributed by atoms with E-state index in [2.05, 4.69) is 104 Å². The summed E-state index contributed by atoms with van der Waals surface area (Å²) in [6.45, 7) is 6.97. The van der Waals surface area contributed by atoms with Crippen LogP contribution in [0, 0.1) is 29.1 Å². The van der Waals surface area contributed by atoms with Crippen LogP contribution >= 0.6 is 22.7 Å². The number of nitrogens with two attached hydrogens (primary N) is 2. The molecule has 12 rings (SSSR count). The molecule has 4 aliphatic rings. The van der Waals surface area contributed by atoms with Crippen molar-refractivity contribution in [2.75, 3.05) is 11.5 Å². The highest BCUT2D eigenvalue weighted by molar-refractivity contribution is 7.22. The van der Waals surface area contributed by atoms with Gasteiger partial charge in [-0.2, -0.15) is 0 Å². The Morgan fingerprint density at radius 3 is 1.62 bits per heavy atom. The SMILES string of the molecule is CC1(C)[C@H]2CCC(Cn3cnc(-c4ccccc4)c3-c3cc4c(N)ncnc4s3)[C@@H]1C2.Nc1ncnc2sc(-c3c(-c4ccccc4)ncn3CC3CCCCCC3)cc12. The minimum atomic E-state index is 0.480. The molecule has 2 aromatic carbocycles. The molecular formula is C48H52N10S2. The van der Waals surface area contributed by atoms with E-state index in [0.29, 0.717) is 28.9 Å². The second-order valence-electron chi connectivity index (χ2n) is 17.7. The van der Waals surface area contributed by atoms with Crippen LogP contribution in [-0.4, -0.2) is 39.0 Å². The molecular weight excluding hydrogens is 781 g/mol. The molecule has 306 valence electrons. The number of benzene rings is 2. The third-order valence-corrected chi connectivity index (χ3v) is 15.9. The first-order chi connectivity index (χ1) is 29.3. The fourth-order valence-corrected chi connectivity index (χ4v) is 12.5. The zero-order valence-electron chi connectivity index (χ0n) is 34.4. The van der Waals surface area contributed by atoms with Gasteiger partial charge in [-0.3, -0.25) is 0 Å². The van der Waals surface area contributed by atoms with Gasteiger partial charge in [0, 0.05) is 24.2 Å². The molecule has 4 saturated carbocycles. The zero-order valence-corrected chi connectivity index (χ0v) is 36.0. The molecule has 4 aliphatic carbocycles. The standard InChI is InChI=1S/C25H27N5S.C23H25N5S/c1-25(2)17-9-8-16(19(25)10-17)12-30-14-29-21(15-6-4-3-5-7-15)22(30)20-11-18-23(26)27-13-28-24(18)31-20;24-22-18-12-19(29-23(18)26-14-25-22)21-20(17-10-6-3-7-11-17)27-15-28(21)13-16-8-4-1-2-5-9-16/h3-7,11,13-14,16-17,19H,8-10,12H2,1-2H3,(H2,26,27,28);3,6-7,10-12,14-16H,1-2,4-5,8-9,13H2,(H2,24,25,26)/t16?,17-,19-;/m0./s1. The monoisotopic (exact) mass is 832 g/mol. The molecule has 4 N–H and O–H groups in total. The van der Waals surface area contributed by atoms with Crippen LogP contribution < -0.4 is 11.5 Å². The number of nitrogen functional groups attached to an aromatic ring is 2. The molecule has 0 amide bonds. The summed E-state index contributed by atoms with van der Waals surface area (Å²) in [4.78, 5) is 31.1. The van der Waals surface area contributed by atoms with E-state index >= 15 is 0 Å². The molecule has 6 heterocycles. The Balaban J connectivity index is 0.000000145. The van der Waals surface area contributed by atoms with E-state index in [9.17, 15) is 0 Å². The second kappa shape index (κ2) is 16.2. The second-order valence-corrected chi connectivity index (χ2v) is 19.7. The zero-order chi connectivity index (χ0) is 40.8. The van der Waals surface area contributed by atoms with Crippen LogP contribution in [0.15, 0.2) is 98.1 Å². The third kappa shape index (κ3) is 7.27. The summed E-state index contributed by atoms with van der Waals surface area (Å²) >= 11 is 3.34. The number of imidazole rings is 2. The molecule has 8 aromatic rings. The fraction of sp³-hybridized carbons (Fsp3) is 0.375. The van der Waals surface area contributed by atoms with E-state index < -0.39 is 0 Å². The predicted octanol–water partition coefficient (Wildman–Crippen LogP) is 11.7. The van der Waals surface area contributed by atoms with E-state index in [1.165, 1.54) is 69.2 Å². The first-order valence-corrected chi connectivity index (χ1v) is 23.2. The largest absolute Gasteiger partial charge is 0.383 e. The topological polar surface area (TPSA) is 139 Å². The Morgan fingerprint density at radius 2 is 1.13 bits per heavy atom. The average Bonchev–Trinajstić information content (AvgIpc) is 4.05. The quantitative estimate of drug-likeness (QED) is 0.144. The highest BCUT2D eigenvalue weighted by Gasteiger charge is 2.54. The van der Waals surface area contributed by atoms with Crippen molar-refractivity contribution in [2.24, 2.45) is 29.1 Å². The lowest BCUT2D eigenvalue weighted by Gasteiger charge is -2.60. The Labute approximate surface area is 359 Å². The number of hydrogen-bond donors (Lipinski definition) is 2. The summed E-state index contributed by atoms with van der Waals surface area (Å²) < 4.78 is 4.74. The van der Waals surface area contributed by atoms with Gasteiger partial charge in [0.2, 0.25) is 0 Å². The van der Waals surface area contributed by atoms with Crippen LogP contribution in [-0.2, 0) is 13.1 Å². The number of thiophene rings is 2. The number of hydrogen-bond acceptors (Lipinski definition) is 10. The average molecular weight is 833 g/mol. The molecule has 12 heteroatoms. The summed E-state index contributed by atoms with van der Waals surface area (Å²) in [5.41, 5.74) is 19.4. The van der Waals surface area contributed by atoms with Gasteiger partial charge in [-0.1, -0.05) is 100 Å². The van der Waals surface area contributed by atoms with Crippen LogP contribution in [0.4, 0.5) is 11.6 Å². The predicted molar refractivity (Wildman–Crippen MR) is 246 cm³/mol. The van der Waals surface area contributed by atoms with Crippen molar-refractivity contribution in [3.05, 3.63) is 98.1 Å². The number of rotatable bonds is 8. The smallest absolute Gasteiger partial charge is 0.135 e. The van der Waals surface area contributed by atoms with E-state index in [4.69, 9.17) is 21.4 Å². The Morgan fingerprint density at radius 1 is 0.617 bits per heavy atom. The maximum absolute atomic E-state index is 6.15. The Kier molecular flexibility index (Phi) is 10.4. The van der Waals surface area contributed by atoms with Gasteiger partial charge in [-0.05, 0) is 73.3 Å². The maximum Gasteiger partial charge on any atom is 0.135 e. The lowest BCUT2D eigenvalue weighted by atomic mass is 9.45. The van der Waals surface area contributed by atoms with Crippen molar-refractivity contribution >= 4 is 54.7 Å². The first kappa shape index (κ1) is 38.7. The fourth-order valence-electron chi connectivity index (χ4n) is 10.4. The third-order valence-electron chi connectivity index (χ3n) is 13.8. The van der Waals surface area contributed by atoms with E-state index in [1.54, 1.807) is 35.3 Å².